The number of pyridine rings is 1. The minimum Gasteiger partial charge on any atom is -0.320 e. The Labute approximate surface area is 139 Å². The Balaban J connectivity index is 2.17. The molecule has 0 bridgehead atoms. The average Bonchev–Trinajstić information content (AvgIpc) is 2.48. The third-order valence-corrected chi connectivity index (χ3v) is 4.82. The van der Waals surface area contributed by atoms with Crippen LogP contribution in [0.15, 0.2) is 59.3 Å². The zero-order chi connectivity index (χ0) is 14.1. The van der Waals surface area contributed by atoms with Crippen molar-refractivity contribution in [1.82, 2.24) is 4.98 Å². The average molecular weight is 439 g/mol. The largest absolute Gasteiger partial charge is 0.320 e. The zero-order valence-electron chi connectivity index (χ0n) is 10.6. The molecule has 0 saturated heterocycles. The van der Waals surface area contributed by atoms with Gasteiger partial charge in [-0.15, -0.1) is 0 Å². The summed E-state index contributed by atoms with van der Waals surface area (Å²) in [5.74, 6) is 0. The van der Waals surface area contributed by atoms with E-state index in [-0.39, 0.29) is 6.04 Å². The molecule has 1 unspecified atom stereocenters. The molecule has 0 spiro atoms. The van der Waals surface area contributed by atoms with E-state index in [1.165, 1.54) is 3.57 Å². The minimum absolute atomic E-state index is 0.148. The summed E-state index contributed by atoms with van der Waals surface area (Å²) in [6.45, 7) is 0. The molecule has 3 aromatic rings. The van der Waals surface area contributed by atoms with Crippen molar-refractivity contribution in [3.05, 3.63) is 74.0 Å². The van der Waals surface area contributed by atoms with Crippen LogP contribution in [0.1, 0.15) is 17.2 Å². The van der Waals surface area contributed by atoms with Crippen LogP contribution < -0.4 is 5.73 Å². The molecule has 4 heteroatoms. The van der Waals surface area contributed by atoms with E-state index >= 15 is 0 Å². The van der Waals surface area contributed by atoms with Gasteiger partial charge in [-0.1, -0.05) is 34.1 Å². The van der Waals surface area contributed by atoms with Crippen LogP contribution in [-0.2, 0) is 0 Å². The molecule has 0 saturated carbocycles. The Morgan fingerprint density at radius 3 is 2.80 bits per heavy atom. The van der Waals surface area contributed by atoms with Crippen LogP contribution in [-0.4, -0.2) is 4.98 Å². The molecule has 100 valence electrons. The molecule has 1 atom stereocenters. The van der Waals surface area contributed by atoms with Crippen molar-refractivity contribution in [2.75, 3.05) is 0 Å². The first kappa shape index (κ1) is 14.0. The fourth-order valence-electron chi connectivity index (χ4n) is 2.34. The Hall–Kier alpha value is -0.980. The molecule has 20 heavy (non-hydrogen) atoms. The van der Waals surface area contributed by atoms with E-state index in [1.807, 2.05) is 30.6 Å². The number of benzene rings is 2. The van der Waals surface area contributed by atoms with Gasteiger partial charge in [0.05, 0.1) is 6.04 Å². The van der Waals surface area contributed by atoms with Gasteiger partial charge in [0.15, 0.2) is 0 Å². The van der Waals surface area contributed by atoms with Gasteiger partial charge in [-0.2, -0.15) is 0 Å². The lowest BCUT2D eigenvalue weighted by atomic mass is 9.95. The number of hydrogen-bond acceptors (Lipinski definition) is 2. The monoisotopic (exact) mass is 438 g/mol. The highest BCUT2D eigenvalue weighted by atomic mass is 127. The standard InChI is InChI=1S/C16H12BrIN2/c17-11-4-5-15(18)14(8-11)16(19)13-3-1-2-10-9-20-7-6-12(10)13/h1-9,16H,19H2. The number of fused-ring (bicyclic) bond motifs is 1. The lowest BCUT2D eigenvalue weighted by Crippen LogP contribution is -2.13. The Bertz CT molecular complexity index is 768. The van der Waals surface area contributed by atoms with Gasteiger partial charge in [0.2, 0.25) is 0 Å². The van der Waals surface area contributed by atoms with E-state index in [2.05, 4.69) is 67.8 Å². The third kappa shape index (κ3) is 2.60. The normalized spacial score (nSPS) is 12.6. The number of nitrogens with zero attached hydrogens (tertiary/aromatic N) is 1. The molecular weight excluding hydrogens is 427 g/mol. The summed E-state index contributed by atoms with van der Waals surface area (Å²) in [5, 5.41) is 2.27. The van der Waals surface area contributed by atoms with Crippen molar-refractivity contribution in [2.45, 2.75) is 6.04 Å². The van der Waals surface area contributed by atoms with E-state index < -0.39 is 0 Å². The summed E-state index contributed by atoms with van der Waals surface area (Å²) in [6, 6.07) is 14.3. The van der Waals surface area contributed by atoms with Gasteiger partial charge >= 0.3 is 0 Å². The van der Waals surface area contributed by atoms with E-state index in [0.717, 1.165) is 26.4 Å². The predicted molar refractivity (Wildman–Crippen MR) is 94.6 cm³/mol. The molecule has 0 aliphatic rings. The molecule has 0 aliphatic carbocycles. The van der Waals surface area contributed by atoms with Crippen molar-refractivity contribution < 1.29 is 0 Å². The van der Waals surface area contributed by atoms with Crippen molar-refractivity contribution in [3.63, 3.8) is 0 Å². The number of nitrogens with two attached hydrogens (primary N) is 1. The van der Waals surface area contributed by atoms with E-state index in [1.54, 1.807) is 0 Å². The van der Waals surface area contributed by atoms with Crippen LogP contribution in [0.2, 0.25) is 0 Å². The summed E-state index contributed by atoms with van der Waals surface area (Å²) in [7, 11) is 0. The molecule has 0 aliphatic heterocycles. The fraction of sp³-hybridized carbons (Fsp3) is 0.0625. The van der Waals surface area contributed by atoms with Crippen LogP contribution in [0.5, 0.6) is 0 Å². The Morgan fingerprint density at radius 2 is 1.95 bits per heavy atom. The van der Waals surface area contributed by atoms with E-state index in [4.69, 9.17) is 5.73 Å². The first-order valence-electron chi connectivity index (χ1n) is 6.20. The van der Waals surface area contributed by atoms with Gasteiger partial charge in [0, 0.05) is 25.8 Å². The molecule has 2 nitrogen and oxygen atoms in total. The summed E-state index contributed by atoms with van der Waals surface area (Å²) >= 11 is 5.85. The second-order valence-electron chi connectivity index (χ2n) is 4.59. The maximum Gasteiger partial charge on any atom is 0.0568 e. The topological polar surface area (TPSA) is 38.9 Å². The number of aromatic nitrogens is 1. The molecular formula is C16H12BrIN2. The quantitative estimate of drug-likeness (QED) is 0.591. The molecule has 0 radical (unpaired) electrons. The number of rotatable bonds is 2. The van der Waals surface area contributed by atoms with Gasteiger partial charge in [-0.05, 0) is 63.4 Å². The van der Waals surface area contributed by atoms with Gasteiger partial charge in [-0.25, -0.2) is 0 Å². The maximum atomic E-state index is 6.51. The fourth-order valence-corrected chi connectivity index (χ4v) is 3.39. The van der Waals surface area contributed by atoms with Crippen LogP contribution in [0.4, 0.5) is 0 Å². The predicted octanol–water partition coefficient (Wildman–Crippen LogP) is 4.65. The Kier molecular flexibility index (Phi) is 4.05. The number of halogens is 2. The highest BCUT2D eigenvalue weighted by Crippen LogP contribution is 2.30. The van der Waals surface area contributed by atoms with Gasteiger partial charge in [-0.3, -0.25) is 4.98 Å². The zero-order valence-corrected chi connectivity index (χ0v) is 14.3. The molecule has 0 fully saturated rings. The number of hydrogen-bond donors (Lipinski definition) is 1. The minimum atomic E-state index is -0.148. The van der Waals surface area contributed by atoms with Crippen molar-refractivity contribution in [2.24, 2.45) is 5.73 Å². The van der Waals surface area contributed by atoms with Gasteiger partial charge < -0.3 is 5.73 Å². The molecule has 0 amide bonds. The summed E-state index contributed by atoms with van der Waals surface area (Å²) < 4.78 is 2.22. The molecule has 3 rings (SSSR count). The maximum absolute atomic E-state index is 6.51. The van der Waals surface area contributed by atoms with E-state index in [9.17, 15) is 0 Å². The summed E-state index contributed by atoms with van der Waals surface area (Å²) in [4.78, 5) is 4.17. The molecule has 1 aromatic heterocycles. The second kappa shape index (κ2) is 5.79. The van der Waals surface area contributed by atoms with Crippen LogP contribution >= 0.6 is 38.5 Å². The Morgan fingerprint density at radius 1 is 1.10 bits per heavy atom. The molecule has 2 aromatic carbocycles. The van der Waals surface area contributed by atoms with Gasteiger partial charge in [0.1, 0.15) is 0 Å². The highest BCUT2D eigenvalue weighted by molar-refractivity contribution is 14.1. The van der Waals surface area contributed by atoms with Crippen molar-refractivity contribution >= 4 is 49.3 Å². The third-order valence-electron chi connectivity index (χ3n) is 3.34. The first-order valence-corrected chi connectivity index (χ1v) is 8.07. The van der Waals surface area contributed by atoms with E-state index in [0.29, 0.717) is 0 Å². The summed E-state index contributed by atoms with van der Waals surface area (Å²) in [6.07, 6.45) is 3.68. The SMILES string of the molecule is NC(c1cc(Br)ccc1I)c1cccc2cnccc12. The smallest absolute Gasteiger partial charge is 0.0568 e. The highest BCUT2D eigenvalue weighted by Gasteiger charge is 2.15. The summed E-state index contributed by atoms with van der Waals surface area (Å²) in [5.41, 5.74) is 8.76. The lowest BCUT2D eigenvalue weighted by molar-refractivity contribution is 0.873. The molecule has 2 N–H and O–H groups in total. The first-order chi connectivity index (χ1) is 9.66. The van der Waals surface area contributed by atoms with Crippen molar-refractivity contribution in [1.29, 1.82) is 0 Å². The van der Waals surface area contributed by atoms with Gasteiger partial charge in [0.25, 0.3) is 0 Å². The van der Waals surface area contributed by atoms with Crippen LogP contribution in [0, 0.1) is 3.57 Å². The molecule has 1 heterocycles. The van der Waals surface area contributed by atoms with Crippen LogP contribution in [0.25, 0.3) is 10.8 Å². The van der Waals surface area contributed by atoms with Crippen molar-refractivity contribution in [3.8, 4) is 0 Å². The van der Waals surface area contributed by atoms with Crippen LogP contribution in [0.3, 0.4) is 0 Å². The second-order valence-corrected chi connectivity index (χ2v) is 6.67. The lowest BCUT2D eigenvalue weighted by Gasteiger charge is -2.17.